The highest BCUT2D eigenvalue weighted by Gasteiger charge is 2.12. The van der Waals surface area contributed by atoms with Crippen molar-refractivity contribution in [3.63, 3.8) is 0 Å². The Morgan fingerprint density at radius 1 is 1.07 bits per heavy atom. The van der Waals surface area contributed by atoms with Crippen molar-refractivity contribution in [1.29, 1.82) is 0 Å². The lowest BCUT2D eigenvalue weighted by Crippen LogP contribution is -2.49. The van der Waals surface area contributed by atoms with Crippen molar-refractivity contribution in [3.8, 4) is 11.5 Å². The van der Waals surface area contributed by atoms with E-state index in [2.05, 4.69) is 32.1 Å². The smallest absolute Gasteiger partial charge is 0.276 e. The molecule has 0 unspecified atom stereocenters. The van der Waals surface area contributed by atoms with Crippen molar-refractivity contribution in [3.05, 3.63) is 58.1 Å². The predicted molar refractivity (Wildman–Crippen MR) is 123 cm³/mol. The number of nitrogens with one attached hydrogen (secondary N) is 3. The van der Waals surface area contributed by atoms with Crippen LogP contribution in [-0.4, -0.2) is 30.1 Å². The summed E-state index contributed by atoms with van der Waals surface area (Å²) in [7, 11) is 0. The zero-order valence-corrected chi connectivity index (χ0v) is 19.4. The zero-order chi connectivity index (χ0) is 22.1. The van der Waals surface area contributed by atoms with Crippen molar-refractivity contribution in [2.75, 3.05) is 13.2 Å². The van der Waals surface area contributed by atoms with E-state index in [0.717, 1.165) is 5.56 Å². The first kappa shape index (κ1) is 23.6. The third-order valence-electron chi connectivity index (χ3n) is 3.94. The van der Waals surface area contributed by atoms with E-state index >= 15 is 0 Å². The van der Waals surface area contributed by atoms with Gasteiger partial charge in [-0.1, -0.05) is 32.0 Å². The van der Waals surface area contributed by atoms with Crippen LogP contribution in [0.4, 0.5) is 0 Å². The van der Waals surface area contributed by atoms with Gasteiger partial charge in [-0.25, -0.2) is 0 Å². The minimum absolute atomic E-state index is 0.0408. The molecule has 0 heterocycles. The molecule has 0 saturated heterocycles. The summed E-state index contributed by atoms with van der Waals surface area (Å²) in [6.45, 7) is 6.30. The number of para-hydroxylation sites is 1. The lowest BCUT2D eigenvalue weighted by atomic mass is 10.0. The summed E-state index contributed by atoms with van der Waals surface area (Å²) in [4.78, 5) is 24.3. The van der Waals surface area contributed by atoms with Gasteiger partial charge in [-0.05, 0) is 70.8 Å². The standard InChI is InChI=1S/C21H24BrN3O4S/c1-4-28-18-10-9-14(11-16(18)22)20(27)23-21(30)25-24-19(26)12-29-17-8-6-5-7-15(17)13(2)3/h5-11,13H,4,12H2,1-3H3,(H,24,26)(H2,23,25,27,30). The third-order valence-corrected chi connectivity index (χ3v) is 4.76. The number of carbonyl (C=O) groups excluding carboxylic acids is 2. The molecule has 160 valence electrons. The Kier molecular flexibility index (Phi) is 9.07. The van der Waals surface area contributed by atoms with Gasteiger partial charge in [-0.3, -0.25) is 25.8 Å². The molecule has 2 aromatic carbocycles. The van der Waals surface area contributed by atoms with Gasteiger partial charge in [-0.2, -0.15) is 0 Å². The predicted octanol–water partition coefficient (Wildman–Crippen LogP) is 3.69. The van der Waals surface area contributed by atoms with Crippen LogP contribution in [-0.2, 0) is 4.79 Å². The van der Waals surface area contributed by atoms with Crippen molar-refractivity contribution in [2.45, 2.75) is 26.7 Å². The van der Waals surface area contributed by atoms with Crippen LogP contribution in [0.2, 0.25) is 0 Å². The second-order valence-corrected chi connectivity index (χ2v) is 7.78. The van der Waals surface area contributed by atoms with E-state index in [4.69, 9.17) is 21.7 Å². The number of halogens is 1. The molecular formula is C21H24BrN3O4S. The van der Waals surface area contributed by atoms with Crippen molar-refractivity contribution in [1.82, 2.24) is 16.2 Å². The van der Waals surface area contributed by atoms with Gasteiger partial charge >= 0.3 is 0 Å². The number of ether oxygens (including phenoxy) is 2. The minimum atomic E-state index is -0.436. The normalized spacial score (nSPS) is 10.3. The number of hydrogen-bond acceptors (Lipinski definition) is 5. The Morgan fingerprint density at radius 2 is 1.80 bits per heavy atom. The summed E-state index contributed by atoms with van der Waals surface area (Å²) in [6, 6.07) is 12.5. The van der Waals surface area contributed by atoms with Crippen molar-refractivity contribution < 1.29 is 19.1 Å². The molecule has 0 fully saturated rings. The van der Waals surface area contributed by atoms with E-state index in [9.17, 15) is 9.59 Å². The van der Waals surface area contributed by atoms with E-state index in [1.807, 2.05) is 45.0 Å². The fraction of sp³-hybridized carbons (Fsp3) is 0.286. The highest BCUT2D eigenvalue weighted by Crippen LogP contribution is 2.26. The molecule has 7 nitrogen and oxygen atoms in total. The molecule has 0 spiro atoms. The van der Waals surface area contributed by atoms with Gasteiger partial charge in [0.05, 0.1) is 11.1 Å². The van der Waals surface area contributed by atoms with E-state index in [0.29, 0.717) is 28.1 Å². The Labute approximate surface area is 189 Å². The highest BCUT2D eigenvalue weighted by atomic mass is 79.9. The molecular weight excluding hydrogens is 470 g/mol. The average molecular weight is 494 g/mol. The summed E-state index contributed by atoms with van der Waals surface area (Å²) in [5.41, 5.74) is 6.28. The summed E-state index contributed by atoms with van der Waals surface area (Å²) in [5, 5.41) is 2.45. The molecule has 2 amide bonds. The summed E-state index contributed by atoms with van der Waals surface area (Å²) >= 11 is 8.40. The summed E-state index contributed by atoms with van der Waals surface area (Å²) in [5.74, 6) is 0.704. The number of hydrogen-bond donors (Lipinski definition) is 3. The number of thiocarbonyl (C=S) groups is 1. The van der Waals surface area contributed by atoms with Crippen LogP contribution in [0.1, 0.15) is 42.6 Å². The first-order valence-corrected chi connectivity index (χ1v) is 10.6. The monoisotopic (exact) mass is 493 g/mol. The molecule has 0 aliphatic heterocycles. The molecule has 0 bridgehead atoms. The first-order chi connectivity index (χ1) is 14.3. The number of hydrazine groups is 1. The van der Waals surface area contributed by atoms with Gasteiger partial charge in [-0.15, -0.1) is 0 Å². The molecule has 0 atom stereocenters. The SMILES string of the molecule is CCOc1ccc(C(=O)NC(=S)NNC(=O)COc2ccccc2C(C)C)cc1Br. The van der Waals surface area contributed by atoms with E-state index < -0.39 is 11.8 Å². The van der Waals surface area contributed by atoms with E-state index in [1.165, 1.54) is 0 Å². The second-order valence-electron chi connectivity index (χ2n) is 6.52. The molecule has 0 saturated carbocycles. The van der Waals surface area contributed by atoms with Gasteiger partial charge in [0.25, 0.3) is 11.8 Å². The van der Waals surface area contributed by atoms with Crippen LogP contribution in [0.3, 0.4) is 0 Å². The van der Waals surface area contributed by atoms with Crippen LogP contribution >= 0.6 is 28.1 Å². The zero-order valence-electron chi connectivity index (χ0n) is 17.0. The second kappa shape index (κ2) is 11.5. The van der Waals surface area contributed by atoms with E-state index in [1.54, 1.807) is 18.2 Å². The third kappa shape index (κ3) is 7.00. The molecule has 2 rings (SSSR count). The van der Waals surface area contributed by atoms with Crippen LogP contribution < -0.4 is 25.6 Å². The Morgan fingerprint density at radius 3 is 2.47 bits per heavy atom. The topological polar surface area (TPSA) is 88.7 Å². The van der Waals surface area contributed by atoms with Crippen LogP contribution in [0.25, 0.3) is 0 Å². The lowest BCUT2D eigenvalue weighted by Gasteiger charge is -2.14. The molecule has 2 aromatic rings. The summed E-state index contributed by atoms with van der Waals surface area (Å²) in [6.07, 6.45) is 0. The molecule has 0 aliphatic rings. The van der Waals surface area contributed by atoms with Crippen LogP contribution in [0.5, 0.6) is 11.5 Å². The van der Waals surface area contributed by atoms with Gasteiger partial charge < -0.3 is 9.47 Å². The van der Waals surface area contributed by atoms with Gasteiger partial charge in [0, 0.05) is 5.56 Å². The minimum Gasteiger partial charge on any atom is -0.493 e. The maximum absolute atomic E-state index is 12.3. The number of rotatable bonds is 7. The molecule has 3 N–H and O–H groups in total. The first-order valence-electron chi connectivity index (χ1n) is 9.36. The Bertz CT molecular complexity index is 921. The number of carbonyl (C=O) groups is 2. The fourth-order valence-electron chi connectivity index (χ4n) is 2.52. The van der Waals surface area contributed by atoms with Crippen molar-refractivity contribution in [2.24, 2.45) is 0 Å². The van der Waals surface area contributed by atoms with Crippen LogP contribution in [0.15, 0.2) is 46.9 Å². The quantitative estimate of drug-likeness (QED) is 0.402. The molecule has 0 aliphatic carbocycles. The maximum atomic E-state index is 12.3. The highest BCUT2D eigenvalue weighted by molar-refractivity contribution is 9.10. The van der Waals surface area contributed by atoms with Gasteiger partial charge in [0.2, 0.25) is 0 Å². The molecule has 0 radical (unpaired) electrons. The molecule has 0 aromatic heterocycles. The number of benzene rings is 2. The Hall–Kier alpha value is -2.65. The van der Waals surface area contributed by atoms with Crippen molar-refractivity contribution >= 4 is 45.1 Å². The molecule has 30 heavy (non-hydrogen) atoms. The fourth-order valence-corrected chi connectivity index (χ4v) is 3.15. The van der Waals surface area contributed by atoms with E-state index in [-0.39, 0.29) is 17.6 Å². The summed E-state index contributed by atoms with van der Waals surface area (Å²) < 4.78 is 11.7. The van der Waals surface area contributed by atoms with Gasteiger partial charge in [0.1, 0.15) is 11.5 Å². The average Bonchev–Trinajstić information content (AvgIpc) is 2.72. The molecule has 9 heteroatoms. The number of amides is 2. The maximum Gasteiger partial charge on any atom is 0.276 e. The van der Waals surface area contributed by atoms with Gasteiger partial charge in [0.15, 0.2) is 11.7 Å². The lowest BCUT2D eigenvalue weighted by molar-refractivity contribution is -0.123. The largest absolute Gasteiger partial charge is 0.493 e. The van der Waals surface area contributed by atoms with Crippen LogP contribution in [0, 0.1) is 0 Å². The Balaban J connectivity index is 1.81.